The predicted octanol–water partition coefficient (Wildman–Crippen LogP) is 2.50. The fourth-order valence-corrected chi connectivity index (χ4v) is 2.04. The summed E-state index contributed by atoms with van der Waals surface area (Å²) in [5.41, 5.74) is 0.678. The standard InChI is InChI=1S/C16H22O5/c1-12(2)21-16(19)8-6-4-3-5-7-13-9-14(20-11-17)10-15(13)18/h3,5,9,11-12,14H,4,6-8,10H2,1-2H3/b5-3-/t14-/m0/s1. The Bertz CT molecular complexity index is 434. The molecule has 21 heavy (non-hydrogen) atoms. The van der Waals surface area contributed by atoms with Crippen molar-refractivity contribution in [3.8, 4) is 0 Å². The maximum atomic E-state index is 11.6. The molecule has 0 saturated carbocycles. The van der Waals surface area contributed by atoms with E-state index in [0.29, 0.717) is 24.9 Å². The van der Waals surface area contributed by atoms with Gasteiger partial charge >= 0.3 is 5.97 Å². The second-order valence-corrected chi connectivity index (χ2v) is 5.20. The maximum Gasteiger partial charge on any atom is 0.306 e. The van der Waals surface area contributed by atoms with Gasteiger partial charge in [-0.25, -0.2) is 0 Å². The zero-order chi connectivity index (χ0) is 15.7. The van der Waals surface area contributed by atoms with E-state index in [2.05, 4.69) is 0 Å². The number of ketones is 1. The minimum atomic E-state index is -0.413. The van der Waals surface area contributed by atoms with Gasteiger partial charge in [0.15, 0.2) is 5.78 Å². The van der Waals surface area contributed by atoms with Crippen LogP contribution in [0.5, 0.6) is 0 Å². The number of carbonyl (C=O) groups excluding carboxylic acids is 3. The molecule has 0 bridgehead atoms. The van der Waals surface area contributed by atoms with Crippen LogP contribution in [0.3, 0.4) is 0 Å². The van der Waals surface area contributed by atoms with Crippen molar-refractivity contribution in [2.24, 2.45) is 0 Å². The Hall–Kier alpha value is -1.91. The van der Waals surface area contributed by atoms with E-state index in [-0.39, 0.29) is 24.3 Å². The SMILES string of the molecule is CC(C)OC(=O)CCC/C=C\CC1=C[C@H](OC=O)CC1=O. The van der Waals surface area contributed by atoms with Crippen LogP contribution in [0.25, 0.3) is 0 Å². The normalized spacial score (nSPS) is 18.1. The van der Waals surface area contributed by atoms with E-state index in [4.69, 9.17) is 9.47 Å². The molecular weight excluding hydrogens is 272 g/mol. The number of Topliss-reactive ketones (excluding diaryl/α,β-unsaturated/α-hetero) is 1. The van der Waals surface area contributed by atoms with Crippen LogP contribution in [-0.4, -0.2) is 30.4 Å². The van der Waals surface area contributed by atoms with Crippen molar-refractivity contribution in [2.45, 2.75) is 58.2 Å². The topological polar surface area (TPSA) is 69.7 Å². The molecule has 1 atom stereocenters. The van der Waals surface area contributed by atoms with Crippen molar-refractivity contribution >= 4 is 18.2 Å². The van der Waals surface area contributed by atoms with Crippen molar-refractivity contribution < 1.29 is 23.9 Å². The molecule has 0 saturated heterocycles. The first kappa shape index (κ1) is 17.1. The van der Waals surface area contributed by atoms with Gasteiger partial charge in [0.1, 0.15) is 6.10 Å². The summed E-state index contributed by atoms with van der Waals surface area (Å²) in [6.45, 7) is 4.01. The summed E-state index contributed by atoms with van der Waals surface area (Å²) in [6, 6.07) is 0. The predicted molar refractivity (Wildman–Crippen MR) is 77.5 cm³/mol. The van der Waals surface area contributed by atoms with Gasteiger partial charge in [-0.05, 0) is 44.8 Å². The molecule has 1 rings (SSSR count). The Balaban J connectivity index is 2.20. The molecule has 5 heteroatoms. The monoisotopic (exact) mass is 294 g/mol. The highest BCUT2D eigenvalue weighted by molar-refractivity contribution is 5.98. The summed E-state index contributed by atoms with van der Waals surface area (Å²) < 4.78 is 9.78. The van der Waals surface area contributed by atoms with E-state index in [1.54, 1.807) is 6.08 Å². The summed E-state index contributed by atoms with van der Waals surface area (Å²) in [5, 5.41) is 0. The molecule has 0 spiro atoms. The summed E-state index contributed by atoms with van der Waals surface area (Å²) >= 11 is 0. The lowest BCUT2D eigenvalue weighted by Crippen LogP contribution is -2.10. The molecule has 0 radical (unpaired) electrons. The van der Waals surface area contributed by atoms with Crippen LogP contribution >= 0.6 is 0 Å². The Kier molecular flexibility index (Phi) is 7.43. The molecule has 0 aromatic rings. The molecule has 116 valence electrons. The maximum absolute atomic E-state index is 11.6. The van der Waals surface area contributed by atoms with Crippen molar-refractivity contribution in [3.05, 3.63) is 23.8 Å². The number of ether oxygens (including phenoxy) is 2. The lowest BCUT2D eigenvalue weighted by molar-refractivity contribution is -0.147. The van der Waals surface area contributed by atoms with Gasteiger partial charge in [0, 0.05) is 6.42 Å². The van der Waals surface area contributed by atoms with Crippen molar-refractivity contribution in [1.29, 1.82) is 0 Å². The summed E-state index contributed by atoms with van der Waals surface area (Å²) in [5.74, 6) is -0.159. The van der Waals surface area contributed by atoms with Crippen molar-refractivity contribution in [1.82, 2.24) is 0 Å². The van der Waals surface area contributed by atoms with Crippen LogP contribution in [0.4, 0.5) is 0 Å². The van der Waals surface area contributed by atoms with Crippen LogP contribution in [0.15, 0.2) is 23.8 Å². The van der Waals surface area contributed by atoms with Gasteiger partial charge < -0.3 is 9.47 Å². The minimum absolute atomic E-state index is 0.0204. The highest BCUT2D eigenvalue weighted by Crippen LogP contribution is 2.20. The molecule has 0 unspecified atom stereocenters. The number of hydrogen-bond acceptors (Lipinski definition) is 5. The first-order valence-electron chi connectivity index (χ1n) is 7.20. The molecular formula is C16H22O5. The summed E-state index contributed by atoms with van der Waals surface area (Å²) in [4.78, 5) is 33.1. The quantitative estimate of drug-likeness (QED) is 0.283. The molecule has 0 amide bonds. The molecule has 0 aromatic carbocycles. The average Bonchev–Trinajstić information content (AvgIpc) is 2.73. The van der Waals surface area contributed by atoms with Gasteiger partial charge in [0.2, 0.25) is 0 Å². The zero-order valence-electron chi connectivity index (χ0n) is 12.5. The largest absolute Gasteiger partial charge is 0.463 e. The number of esters is 1. The smallest absolute Gasteiger partial charge is 0.306 e. The van der Waals surface area contributed by atoms with Crippen LogP contribution < -0.4 is 0 Å². The Morgan fingerprint density at radius 2 is 2.19 bits per heavy atom. The molecule has 5 nitrogen and oxygen atoms in total. The third-order valence-electron chi connectivity index (χ3n) is 2.99. The second kappa shape index (κ2) is 9.10. The Morgan fingerprint density at radius 1 is 1.43 bits per heavy atom. The molecule has 1 aliphatic rings. The fourth-order valence-electron chi connectivity index (χ4n) is 2.04. The molecule has 0 fully saturated rings. The van der Waals surface area contributed by atoms with Gasteiger partial charge in [-0.1, -0.05) is 12.2 Å². The number of rotatable bonds is 9. The van der Waals surface area contributed by atoms with Crippen LogP contribution in [0.1, 0.15) is 46.0 Å². The summed E-state index contributed by atoms with van der Waals surface area (Å²) in [6.07, 6.45) is 7.73. The van der Waals surface area contributed by atoms with Crippen molar-refractivity contribution in [2.75, 3.05) is 0 Å². The fraction of sp³-hybridized carbons (Fsp3) is 0.562. The number of unbranched alkanes of at least 4 members (excludes halogenated alkanes) is 1. The Morgan fingerprint density at radius 3 is 2.86 bits per heavy atom. The minimum Gasteiger partial charge on any atom is -0.463 e. The number of carbonyl (C=O) groups is 3. The van der Waals surface area contributed by atoms with E-state index in [1.165, 1.54) is 0 Å². The molecule has 0 N–H and O–H groups in total. The highest BCUT2D eigenvalue weighted by atomic mass is 16.5. The lowest BCUT2D eigenvalue weighted by atomic mass is 10.1. The average molecular weight is 294 g/mol. The molecule has 0 heterocycles. The first-order chi connectivity index (χ1) is 10.0. The Labute approximate surface area is 125 Å². The molecule has 0 aromatic heterocycles. The van der Waals surface area contributed by atoms with Crippen LogP contribution in [0, 0.1) is 0 Å². The van der Waals surface area contributed by atoms with E-state index < -0.39 is 6.10 Å². The van der Waals surface area contributed by atoms with Gasteiger partial charge in [0.25, 0.3) is 6.47 Å². The van der Waals surface area contributed by atoms with E-state index in [1.807, 2.05) is 26.0 Å². The second-order valence-electron chi connectivity index (χ2n) is 5.20. The van der Waals surface area contributed by atoms with Gasteiger partial charge in [-0.2, -0.15) is 0 Å². The molecule has 1 aliphatic carbocycles. The van der Waals surface area contributed by atoms with Crippen molar-refractivity contribution in [3.63, 3.8) is 0 Å². The first-order valence-corrected chi connectivity index (χ1v) is 7.20. The zero-order valence-corrected chi connectivity index (χ0v) is 12.5. The lowest BCUT2D eigenvalue weighted by Gasteiger charge is -2.06. The molecule has 0 aliphatic heterocycles. The van der Waals surface area contributed by atoms with E-state index in [9.17, 15) is 14.4 Å². The van der Waals surface area contributed by atoms with Gasteiger partial charge in [0.05, 0.1) is 12.5 Å². The van der Waals surface area contributed by atoms with Crippen LogP contribution in [0.2, 0.25) is 0 Å². The van der Waals surface area contributed by atoms with E-state index in [0.717, 1.165) is 12.8 Å². The highest BCUT2D eigenvalue weighted by Gasteiger charge is 2.23. The number of allylic oxidation sites excluding steroid dienone is 3. The van der Waals surface area contributed by atoms with E-state index >= 15 is 0 Å². The third-order valence-corrected chi connectivity index (χ3v) is 2.99. The van der Waals surface area contributed by atoms with Gasteiger partial charge in [-0.15, -0.1) is 0 Å². The van der Waals surface area contributed by atoms with Crippen LogP contribution in [-0.2, 0) is 23.9 Å². The third kappa shape index (κ3) is 6.88. The summed E-state index contributed by atoms with van der Waals surface area (Å²) in [7, 11) is 0. The van der Waals surface area contributed by atoms with Gasteiger partial charge in [-0.3, -0.25) is 14.4 Å². The number of hydrogen-bond donors (Lipinski definition) is 0.